The van der Waals surface area contributed by atoms with Crippen LogP contribution in [-0.2, 0) is 6.42 Å². The maximum Gasteiger partial charge on any atom is 0.145 e. The smallest absolute Gasteiger partial charge is 0.145 e. The molecular formula is C24H28N6O2. The Bertz CT molecular complexity index is 1320. The van der Waals surface area contributed by atoms with Gasteiger partial charge in [-0.15, -0.1) is 0 Å². The van der Waals surface area contributed by atoms with E-state index in [1.54, 1.807) is 0 Å². The lowest BCUT2D eigenvalue weighted by molar-refractivity contribution is -0.0241. The molecule has 8 heteroatoms. The molecule has 6 N–H and O–H groups in total. The van der Waals surface area contributed by atoms with Gasteiger partial charge in [0.15, 0.2) is 0 Å². The van der Waals surface area contributed by atoms with E-state index in [9.17, 15) is 10.2 Å². The summed E-state index contributed by atoms with van der Waals surface area (Å²) in [4.78, 5) is 12.9. The van der Waals surface area contributed by atoms with Gasteiger partial charge in [-0.2, -0.15) is 0 Å². The lowest BCUT2D eigenvalue weighted by Crippen LogP contribution is -2.35. The Morgan fingerprint density at radius 2 is 1.94 bits per heavy atom. The average molecular weight is 433 g/mol. The molecule has 3 heterocycles. The van der Waals surface area contributed by atoms with Crippen LogP contribution in [-0.4, -0.2) is 41.9 Å². The van der Waals surface area contributed by atoms with Crippen molar-refractivity contribution in [1.29, 1.82) is 0 Å². The molecule has 4 aromatic rings. The van der Waals surface area contributed by atoms with Gasteiger partial charge >= 0.3 is 0 Å². The Kier molecular flexibility index (Phi) is 4.79. The molecule has 8 nitrogen and oxygen atoms in total. The van der Waals surface area contributed by atoms with Gasteiger partial charge in [-0.3, -0.25) is 0 Å². The van der Waals surface area contributed by atoms with Crippen molar-refractivity contribution in [2.75, 3.05) is 11.5 Å². The lowest BCUT2D eigenvalue weighted by Gasteiger charge is -2.28. The number of aliphatic hydroxyl groups excluding tert-OH is 2. The van der Waals surface area contributed by atoms with Crippen LogP contribution < -0.4 is 11.5 Å². The molecule has 1 aliphatic carbocycles. The molecule has 0 aliphatic heterocycles. The van der Waals surface area contributed by atoms with Crippen LogP contribution in [0, 0.1) is 12.3 Å². The van der Waals surface area contributed by atoms with E-state index in [2.05, 4.69) is 33.2 Å². The van der Waals surface area contributed by atoms with Crippen molar-refractivity contribution < 1.29 is 10.2 Å². The van der Waals surface area contributed by atoms with Gasteiger partial charge in [-0.25, -0.2) is 15.0 Å². The van der Waals surface area contributed by atoms with Crippen molar-refractivity contribution in [3.8, 4) is 0 Å². The van der Waals surface area contributed by atoms with E-state index in [0.717, 1.165) is 40.3 Å². The van der Waals surface area contributed by atoms with E-state index in [-0.39, 0.29) is 6.04 Å². The predicted molar refractivity (Wildman–Crippen MR) is 125 cm³/mol. The molecule has 166 valence electrons. The van der Waals surface area contributed by atoms with Gasteiger partial charge in [-0.05, 0) is 60.9 Å². The predicted octanol–water partition coefficient (Wildman–Crippen LogP) is 2.76. The number of nitrogens with zero attached hydrogens (tertiary/aromatic N) is 4. The Labute approximate surface area is 185 Å². The van der Waals surface area contributed by atoms with E-state index >= 15 is 0 Å². The summed E-state index contributed by atoms with van der Waals surface area (Å²) in [6, 6.07) is 9.82. The van der Waals surface area contributed by atoms with Crippen LogP contribution in [0.2, 0.25) is 0 Å². The molecule has 4 atom stereocenters. The molecular weight excluding hydrogens is 404 g/mol. The zero-order chi connectivity index (χ0) is 22.6. The molecule has 0 saturated heterocycles. The summed E-state index contributed by atoms with van der Waals surface area (Å²) in [6.45, 7) is 3.99. The van der Waals surface area contributed by atoms with E-state index in [0.29, 0.717) is 23.7 Å². The van der Waals surface area contributed by atoms with Crippen molar-refractivity contribution in [3.05, 3.63) is 54.0 Å². The van der Waals surface area contributed by atoms with Crippen LogP contribution in [0.3, 0.4) is 0 Å². The summed E-state index contributed by atoms with van der Waals surface area (Å²) in [5, 5.41) is 23.7. The second-order valence-electron chi connectivity index (χ2n) is 9.30. The second-order valence-corrected chi connectivity index (χ2v) is 9.30. The third kappa shape index (κ3) is 3.27. The topological polar surface area (TPSA) is 136 Å². The highest BCUT2D eigenvalue weighted by atomic mass is 16.3. The lowest BCUT2D eigenvalue weighted by atomic mass is 9.80. The largest absolute Gasteiger partial charge is 0.390 e. The summed E-state index contributed by atoms with van der Waals surface area (Å²) in [5.74, 6) is 0.951. The molecule has 1 aromatic carbocycles. The number of fused-ring (bicyclic) bond motifs is 2. The first-order chi connectivity index (χ1) is 15.3. The maximum absolute atomic E-state index is 11.0. The van der Waals surface area contributed by atoms with Gasteiger partial charge in [0.2, 0.25) is 0 Å². The van der Waals surface area contributed by atoms with Gasteiger partial charge in [-0.1, -0.05) is 19.1 Å². The van der Waals surface area contributed by atoms with E-state index in [4.69, 9.17) is 11.5 Å². The number of pyridine rings is 1. The van der Waals surface area contributed by atoms with Crippen LogP contribution in [0.5, 0.6) is 0 Å². The SMILES string of the molecule is Cc1cc2ccc(CC[C@@]3(C)C[C@@H](n4ccc5c(N)ncnc54)[C@H](O)[C@@H]3O)cc2nc1N. The fourth-order valence-corrected chi connectivity index (χ4v) is 5.03. The quantitative estimate of drug-likeness (QED) is 0.389. The Hall–Kier alpha value is -3.23. The molecule has 1 aliphatic rings. The van der Waals surface area contributed by atoms with Gasteiger partial charge in [0.1, 0.15) is 29.7 Å². The molecule has 0 unspecified atom stereocenters. The van der Waals surface area contributed by atoms with Crippen molar-refractivity contribution in [2.24, 2.45) is 5.41 Å². The van der Waals surface area contributed by atoms with Crippen LogP contribution in [0.25, 0.3) is 21.9 Å². The highest BCUT2D eigenvalue weighted by Crippen LogP contribution is 2.48. The molecule has 1 fully saturated rings. The molecule has 0 amide bonds. The number of hydrogen-bond acceptors (Lipinski definition) is 7. The van der Waals surface area contributed by atoms with Gasteiger partial charge in [0.25, 0.3) is 0 Å². The molecule has 3 aromatic heterocycles. The first-order valence-electron chi connectivity index (χ1n) is 10.9. The highest BCUT2D eigenvalue weighted by Gasteiger charge is 2.50. The minimum Gasteiger partial charge on any atom is -0.390 e. The number of anilines is 2. The van der Waals surface area contributed by atoms with Crippen LogP contribution in [0.15, 0.2) is 42.9 Å². The number of aromatic nitrogens is 4. The van der Waals surface area contributed by atoms with Gasteiger partial charge < -0.3 is 26.2 Å². The summed E-state index contributed by atoms with van der Waals surface area (Å²) >= 11 is 0. The first-order valence-corrected chi connectivity index (χ1v) is 10.9. The molecule has 32 heavy (non-hydrogen) atoms. The average Bonchev–Trinajstić information content (AvgIpc) is 3.29. The van der Waals surface area contributed by atoms with Gasteiger partial charge in [0.05, 0.1) is 23.0 Å². The van der Waals surface area contributed by atoms with Crippen LogP contribution in [0.4, 0.5) is 11.6 Å². The highest BCUT2D eigenvalue weighted by molar-refractivity contribution is 5.86. The first kappa shape index (κ1) is 20.7. The van der Waals surface area contributed by atoms with Crippen molar-refractivity contribution in [1.82, 2.24) is 19.5 Å². The van der Waals surface area contributed by atoms with Crippen molar-refractivity contribution >= 4 is 33.6 Å². The molecule has 5 rings (SSSR count). The van der Waals surface area contributed by atoms with Gasteiger partial charge in [0, 0.05) is 11.6 Å². The fourth-order valence-electron chi connectivity index (χ4n) is 5.03. The second kappa shape index (κ2) is 7.43. The number of nitrogens with two attached hydrogens (primary N) is 2. The number of benzene rings is 1. The van der Waals surface area contributed by atoms with Crippen molar-refractivity contribution in [3.63, 3.8) is 0 Å². The number of hydrogen-bond donors (Lipinski definition) is 4. The third-order valence-corrected chi connectivity index (χ3v) is 7.10. The van der Waals surface area contributed by atoms with E-state index in [1.165, 1.54) is 6.33 Å². The fraction of sp³-hybridized carbons (Fsp3) is 0.375. The Morgan fingerprint density at radius 3 is 2.75 bits per heavy atom. The Balaban J connectivity index is 1.38. The summed E-state index contributed by atoms with van der Waals surface area (Å²) in [6.07, 6.45) is 3.66. The molecule has 0 bridgehead atoms. The normalized spacial score (nSPS) is 25.7. The number of rotatable bonds is 4. The van der Waals surface area contributed by atoms with Crippen molar-refractivity contribution in [2.45, 2.75) is 51.4 Å². The zero-order valence-corrected chi connectivity index (χ0v) is 18.2. The molecule has 0 radical (unpaired) electrons. The standard InChI is InChI=1S/C24H28N6O2/c1-13-9-15-4-3-14(10-17(15)29-21(13)25)5-7-24(2)11-18(19(31)20(24)32)30-8-6-16-22(26)27-12-28-23(16)30/h3-4,6,8-10,12,18-20,31-32H,5,7,11H2,1-2H3,(H2,25,29)(H2,26,27,28)/t18-,19+,20+,24+/m1/s1. The van der Waals surface area contributed by atoms with Crippen LogP contribution >= 0.6 is 0 Å². The number of nitrogen functional groups attached to an aromatic ring is 2. The minimum absolute atomic E-state index is 0.289. The molecule has 0 spiro atoms. The van der Waals surface area contributed by atoms with E-state index in [1.807, 2.05) is 36.7 Å². The Morgan fingerprint density at radius 1 is 1.12 bits per heavy atom. The summed E-state index contributed by atoms with van der Waals surface area (Å²) in [5.41, 5.74) is 15.1. The maximum atomic E-state index is 11.0. The molecule has 1 saturated carbocycles. The summed E-state index contributed by atoms with van der Waals surface area (Å²) in [7, 11) is 0. The van der Waals surface area contributed by atoms with E-state index < -0.39 is 17.6 Å². The number of aliphatic hydroxyl groups is 2. The zero-order valence-electron chi connectivity index (χ0n) is 18.2. The van der Waals surface area contributed by atoms with Crippen LogP contribution in [0.1, 0.15) is 36.9 Å². The summed E-state index contributed by atoms with van der Waals surface area (Å²) < 4.78 is 1.91. The number of aryl methyl sites for hydroxylation is 2. The monoisotopic (exact) mass is 432 g/mol. The minimum atomic E-state index is -0.896. The third-order valence-electron chi connectivity index (χ3n) is 7.10.